The van der Waals surface area contributed by atoms with Crippen LogP contribution < -0.4 is 10.6 Å². The number of fused-ring (bicyclic) bond motifs is 1. The highest BCUT2D eigenvalue weighted by atomic mass is 14.9. The fraction of sp³-hybridized carbons (Fsp3) is 0.538. The molecular weight excluding hydrogens is 184 g/mol. The molecule has 2 rings (SSSR count). The van der Waals surface area contributed by atoms with Gasteiger partial charge < -0.3 is 10.6 Å². The Labute approximate surface area is 92.1 Å². The van der Waals surface area contributed by atoms with Gasteiger partial charge in [0.2, 0.25) is 0 Å². The number of hydrogen-bond acceptors (Lipinski definition) is 2. The summed E-state index contributed by atoms with van der Waals surface area (Å²) in [7, 11) is 0. The van der Waals surface area contributed by atoms with E-state index in [-0.39, 0.29) is 0 Å². The predicted molar refractivity (Wildman–Crippen MR) is 63.8 cm³/mol. The molecule has 1 aromatic rings. The van der Waals surface area contributed by atoms with Gasteiger partial charge >= 0.3 is 0 Å². The Kier molecular flexibility index (Phi) is 3.39. The second-order valence-corrected chi connectivity index (χ2v) is 4.52. The van der Waals surface area contributed by atoms with Gasteiger partial charge in [0.25, 0.3) is 0 Å². The summed E-state index contributed by atoms with van der Waals surface area (Å²) in [5.41, 5.74) is 4.49. The topological polar surface area (TPSA) is 24.1 Å². The van der Waals surface area contributed by atoms with Gasteiger partial charge in [0, 0.05) is 19.1 Å². The van der Waals surface area contributed by atoms with Gasteiger partial charge in [-0.25, -0.2) is 0 Å². The van der Waals surface area contributed by atoms with Gasteiger partial charge in [0.05, 0.1) is 0 Å². The van der Waals surface area contributed by atoms with Crippen LogP contribution in [0.1, 0.15) is 30.5 Å². The molecule has 2 heteroatoms. The first-order chi connectivity index (χ1) is 7.27. The van der Waals surface area contributed by atoms with Crippen molar-refractivity contribution in [2.45, 2.75) is 39.4 Å². The van der Waals surface area contributed by atoms with Gasteiger partial charge in [0.15, 0.2) is 0 Å². The first kappa shape index (κ1) is 10.7. The van der Waals surface area contributed by atoms with E-state index in [1.165, 1.54) is 23.1 Å². The molecule has 0 aliphatic carbocycles. The quantitative estimate of drug-likeness (QED) is 0.785. The van der Waals surface area contributed by atoms with E-state index in [0.717, 1.165) is 19.6 Å². The Balaban J connectivity index is 2.16. The highest BCUT2D eigenvalue weighted by molar-refractivity contribution is 5.36. The van der Waals surface area contributed by atoms with Crippen LogP contribution in [0.5, 0.6) is 0 Å². The highest BCUT2D eigenvalue weighted by Gasteiger charge is 2.11. The van der Waals surface area contributed by atoms with E-state index in [2.05, 4.69) is 42.7 Å². The molecule has 0 radical (unpaired) electrons. The van der Waals surface area contributed by atoms with E-state index >= 15 is 0 Å². The lowest BCUT2D eigenvalue weighted by molar-refractivity contribution is 0.575. The molecule has 0 aromatic heterocycles. The van der Waals surface area contributed by atoms with Crippen LogP contribution in [0.15, 0.2) is 18.2 Å². The van der Waals surface area contributed by atoms with Crippen LogP contribution in [0, 0.1) is 0 Å². The van der Waals surface area contributed by atoms with Crippen molar-refractivity contribution in [1.82, 2.24) is 10.6 Å². The molecule has 1 aliphatic heterocycles. The monoisotopic (exact) mass is 204 g/mol. The van der Waals surface area contributed by atoms with E-state index in [0.29, 0.717) is 6.04 Å². The third-order valence-corrected chi connectivity index (χ3v) is 2.94. The summed E-state index contributed by atoms with van der Waals surface area (Å²) in [6.07, 6.45) is 1.17. The lowest BCUT2D eigenvalue weighted by Gasteiger charge is -2.21. The zero-order chi connectivity index (χ0) is 10.7. The predicted octanol–water partition coefficient (Wildman–Crippen LogP) is 1.83. The van der Waals surface area contributed by atoms with Gasteiger partial charge in [-0.05, 0) is 29.7 Å². The Morgan fingerprint density at radius 3 is 3.07 bits per heavy atom. The van der Waals surface area contributed by atoms with E-state index in [1.807, 2.05) is 0 Å². The van der Waals surface area contributed by atoms with Crippen LogP contribution in [-0.2, 0) is 19.5 Å². The van der Waals surface area contributed by atoms with E-state index in [9.17, 15) is 0 Å². The second-order valence-electron chi connectivity index (χ2n) is 4.52. The fourth-order valence-corrected chi connectivity index (χ4v) is 2.07. The number of rotatable bonds is 3. The molecular formula is C13H20N2. The lowest BCUT2D eigenvalue weighted by Crippen LogP contribution is -2.27. The summed E-state index contributed by atoms with van der Waals surface area (Å²) in [6.45, 7) is 7.52. The van der Waals surface area contributed by atoms with E-state index < -0.39 is 0 Å². The van der Waals surface area contributed by atoms with Crippen molar-refractivity contribution in [1.29, 1.82) is 0 Å². The molecule has 0 spiro atoms. The van der Waals surface area contributed by atoms with Gasteiger partial charge in [-0.3, -0.25) is 0 Å². The van der Waals surface area contributed by atoms with Gasteiger partial charge in [-0.15, -0.1) is 0 Å². The van der Waals surface area contributed by atoms with Crippen LogP contribution in [0.4, 0.5) is 0 Å². The molecule has 1 heterocycles. The standard InChI is InChI=1S/C13H20N2/c1-10(2)15-8-12-5-3-4-11-6-7-14-9-13(11)12/h3-5,10,14-15H,6-9H2,1-2H3. The average molecular weight is 204 g/mol. The maximum Gasteiger partial charge on any atom is 0.0211 e. The molecule has 0 atom stereocenters. The van der Waals surface area contributed by atoms with Crippen molar-refractivity contribution in [2.24, 2.45) is 0 Å². The lowest BCUT2D eigenvalue weighted by atomic mass is 9.96. The molecule has 0 fully saturated rings. The summed E-state index contributed by atoms with van der Waals surface area (Å²) in [5, 5.41) is 6.93. The highest BCUT2D eigenvalue weighted by Crippen LogP contribution is 2.18. The summed E-state index contributed by atoms with van der Waals surface area (Å²) < 4.78 is 0. The molecule has 15 heavy (non-hydrogen) atoms. The summed E-state index contributed by atoms with van der Waals surface area (Å²) >= 11 is 0. The molecule has 82 valence electrons. The summed E-state index contributed by atoms with van der Waals surface area (Å²) in [4.78, 5) is 0. The summed E-state index contributed by atoms with van der Waals surface area (Å²) in [6, 6.07) is 7.23. The Hall–Kier alpha value is -0.860. The number of benzene rings is 1. The second kappa shape index (κ2) is 4.77. The molecule has 0 saturated carbocycles. The maximum absolute atomic E-state index is 3.48. The molecule has 2 nitrogen and oxygen atoms in total. The fourth-order valence-electron chi connectivity index (χ4n) is 2.07. The minimum atomic E-state index is 0.553. The molecule has 1 aromatic carbocycles. The molecule has 2 N–H and O–H groups in total. The van der Waals surface area contributed by atoms with Crippen LogP contribution in [0.3, 0.4) is 0 Å². The van der Waals surface area contributed by atoms with Crippen molar-refractivity contribution in [3.63, 3.8) is 0 Å². The van der Waals surface area contributed by atoms with Crippen molar-refractivity contribution >= 4 is 0 Å². The third-order valence-electron chi connectivity index (χ3n) is 2.94. The van der Waals surface area contributed by atoms with Crippen molar-refractivity contribution < 1.29 is 0 Å². The molecule has 0 bridgehead atoms. The van der Waals surface area contributed by atoms with Crippen molar-refractivity contribution in [3.8, 4) is 0 Å². The SMILES string of the molecule is CC(C)NCc1cccc2c1CNCC2. The largest absolute Gasteiger partial charge is 0.312 e. The molecule has 0 saturated heterocycles. The molecule has 0 amide bonds. The van der Waals surface area contributed by atoms with Crippen LogP contribution in [-0.4, -0.2) is 12.6 Å². The first-order valence-electron chi connectivity index (χ1n) is 5.81. The average Bonchev–Trinajstić information content (AvgIpc) is 2.26. The Morgan fingerprint density at radius 2 is 2.27 bits per heavy atom. The third kappa shape index (κ3) is 2.58. The van der Waals surface area contributed by atoms with Crippen molar-refractivity contribution in [2.75, 3.05) is 6.54 Å². The van der Waals surface area contributed by atoms with Gasteiger partial charge in [-0.1, -0.05) is 32.0 Å². The van der Waals surface area contributed by atoms with Crippen LogP contribution in [0.25, 0.3) is 0 Å². The normalized spacial score (nSPS) is 15.4. The zero-order valence-electron chi connectivity index (χ0n) is 9.64. The van der Waals surface area contributed by atoms with E-state index in [4.69, 9.17) is 0 Å². The first-order valence-corrected chi connectivity index (χ1v) is 5.81. The minimum Gasteiger partial charge on any atom is -0.312 e. The van der Waals surface area contributed by atoms with Crippen LogP contribution >= 0.6 is 0 Å². The zero-order valence-corrected chi connectivity index (χ0v) is 9.64. The molecule has 0 unspecified atom stereocenters. The van der Waals surface area contributed by atoms with Crippen molar-refractivity contribution in [3.05, 3.63) is 34.9 Å². The van der Waals surface area contributed by atoms with Gasteiger partial charge in [-0.2, -0.15) is 0 Å². The Morgan fingerprint density at radius 1 is 1.40 bits per heavy atom. The summed E-state index contributed by atoms with van der Waals surface area (Å²) in [5.74, 6) is 0. The van der Waals surface area contributed by atoms with Gasteiger partial charge in [0.1, 0.15) is 0 Å². The minimum absolute atomic E-state index is 0.553. The smallest absolute Gasteiger partial charge is 0.0211 e. The number of hydrogen-bond donors (Lipinski definition) is 2. The Bertz CT molecular complexity index is 331. The maximum atomic E-state index is 3.48. The number of nitrogens with one attached hydrogen (secondary N) is 2. The van der Waals surface area contributed by atoms with Crippen LogP contribution in [0.2, 0.25) is 0 Å². The molecule has 1 aliphatic rings. The van der Waals surface area contributed by atoms with E-state index in [1.54, 1.807) is 0 Å².